The Labute approximate surface area is 143 Å². The molecule has 1 fully saturated rings. The molecule has 2 rings (SSSR count). The number of esters is 1. The average molecular weight is 352 g/mol. The van der Waals surface area contributed by atoms with Crippen LogP contribution >= 0.6 is 11.8 Å². The summed E-state index contributed by atoms with van der Waals surface area (Å²) in [5, 5.41) is 2.77. The summed E-state index contributed by atoms with van der Waals surface area (Å²) >= 11 is 1.15. The lowest BCUT2D eigenvalue weighted by atomic mass is 10.2. The molecule has 2 amide bonds. The van der Waals surface area contributed by atoms with Gasteiger partial charge in [0.15, 0.2) is 0 Å². The van der Waals surface area contributed by atoms with E-state index in [1.807, 2.05) is 0 Å². The van der Waals surface area contributed by atoms with E-state index in [0.717, 1.165) is 17.3 Å². The van der Waals surface area contributed by atoms with Gasteiger partial charge in [0.05, 0.1) is 29.2 Å². The maximum absolute atomic E-state index is 13.8. The van der Waals surface area contributed by atoms with Crippen molar-refractivity contribution in [3.05, 3.63) is 40.7 Å². The second-order valence-electron chi connectivity index (χ2n) is 5.03. The lowest BCUT2D eigenvalue weighted by Crippen LogP contribution is -2.34. The molecule has 1 aromatic carbocycles. The maximum Gasteiger partial charge on any atom is 0.333 e. The summed E-state index contributed by atoms with van der Waals surface area (Å²) in [6.07, 6.45) is 1.18. The number of anilines is 1. The number of hydrogen-bond donors (Lipinski definition) is 1. The molecule has 1 N–H and O–H groups in total. The van der Waals surface area contributed by atoms with Crippen molar-refractivity contribution in [2.75, 3.05) is 24.2 Å². The second-order valence-corrected chi connectivity index (χ2v) is 6.03. The Kier molecular flexibility index (Phi) is 5.97. The van der Waals surface area contributed by atoms with Crippen LogP contribution in [-0.2, 0) is 19.1 Å². The van der Waals surface area contributed by atoms with E-state index in [-0.39, 0.29) is 30.5 Å². The van der Waals surface area contributed by atoms with Crippen molar-refractivity contribution in [1.29, 1.82) is 0 Å². The summed E-state index contributed by atoms with van der Waals surface area (Å²) in [5.74, 6) is -1.84. The van der Waals surface area contributed by atoms with Gasteiger partial charge in [0.25, 0.3) is 0 Å². The highest BCUT2D eigenvalue weighted by atomic mass is 32.2. The zero-order chi connectivity index (χ0) is 17.7. The van der Waals surface area contributed by atoms with Gasteiger partial charge in [0, 0.05) is 0 Å². The van der Waals surface area contributed by atoms with Crippen molar-refractivity contribution in [3.8, 4) is 0 Å². The molecule has 0 aliphatic carbocycles. The molecule has 0 saturated carbocycles. The first-order valence-corrected chi connectivity index (χ1v) is 8.27. The van der Waals surface area contributed by atoms with E-state index in [9.17, 15) is 18.8 Å². The summed E-state index contributed by atoms with van der Waals surface area (Å²) in [6, 6.07) is 4.43. The highest BCUT2D eigenvalue weighted by molar-refractivity contribution is 8.04. The Morgan fingerprint density at radius 3 is 2.88 bits per heavy atom. The lowest BCUT2D eigenvalue weighted by molar-refractivity contribution is -0.137. The first-order valence-electron chi connectivity index (χ1n) is 7.28. The smallest absolute Gasteiger partial charge is 0.333 e. The summed E-state index contributed by atoms with van der Waals surface area (Å²) in [4.78, 5) is 36.7. The van der Waals surface area contributed by atoms with Crippen LogP contribution in [0.4, 0.5) is 10.1 Å². The van der Waals surface area contributed by atoms with Crippen LogP contribution in [0.3, 0.4) is 0 Å². The minimum atomic E-state index is -0.579. The van der Waals surface area contributed by atoms with E-state index in [1.54, 1.807) is 19.9 Å². The van der Waals surface area contributed by atoms with Gasteiger partial charge in [-0.25, -0.2) is 9.18 Å². The number of halogens is 1. The van der Waals surface area contributed by atoms with Gasteiger partial charge in [-0.05, 0) is 31.5 Å². The number of carbonyl (C=O) groups is 3. The molecule has 6 nitrogen and oxygen atoms in total. The highest BCUT2D eigenvalue weighted by Gasteiger charge is 2.29. The van der Waals surface area contributed by atoms with Crippen molar-refractivity contribution in [1.82, 2.24) is 4.90 Å². The van der Waals surface area contributed by atoms with E-state index in [4.69, 9.17) is 4.74 Å². The van der Waals surface area contributed by atoms with Crippen LogP contribution in [0.15, 0.2) is 29.3 Å². The van der Waals surface area contributed by atoms with E-state index in [1.165, 1.54) is 23.1 Å². The molecule has 24 heavy (non-hydrogen) atoms. The molecule has 0 bridgehead atoms. The number of aryl methyl sites for hydroxylation is 1. The molecule has 1 aliphatic rings. The third-order valence-electron chi connectivity index (χ3n) is 3.14. The van der Waals surface area contributed by atoms with Gasteiger partial charge >= 0.3 is 5.97 Å². The molecule has 0 unspecified atom stereocenters. The normalized spacial score (nSPS) is 15.7. The molecule has 1 heterocycles. The predicted molar refractivity (Wildman–Crippen MR) is 88.7 cm³/mol. The van der Waals surface area contributed by atoms with Gasteiger partial charge in [-0.1, -0.05) is 17.8 Å². The lowest BCUT2D eigenvalue weighted by Gasteiger charge is -2.16. The van der Waals surface area contributed by atoms with Crippen LogP contribution in [0, 0.1) is 12.7 Å². The number of amides is 2. The van der Waals surface area contributed by atoms with Crippen LogP contribution in [-0.4, -0.2) is 41.6 Å². The van der Waals surface area contributed by atoms with E-state index < -0.39 is 17.7 Å². The average Bonchev–Trinajstić information content (AvgIpc) is 2.83. The zero-order valence-electron chi connectivity index (χ0n) is 13.3. The summed E-state index contributed by atoms with van der Waals surface area (Å²) in [6.45, 7) is 3.32. The van der Waals surface area contributed by atoms with Gasteiger partial charge in [-0.2, -0.15) is 0 Å². The largest absolute Gasteiger partial charge is 0.463 e. The Morgan fingerprint density at radius 2 is 2.21 bits per heavy atom. The molecular formula is C16H17FN2O4S. The highest BCUT2D eigenvalue weighted by Crippen LogP contribution is 2.28. The van der Waals surface area contributed by atoms with Crippen LogP contribution in [0.5, 0.6) is 0 Å². The minimum Gasteiger partial charge on any atom is -0.463 e. The number of rotatable bonds is 5. The Hall–Kier alpha value is -2.35. The molecular weight excluding hydrogens is 335 g/mol. The molecule has 1 saturated heterocycles. The van der Waals surface area contributed by atoms with Gasteiger partial charge < -0.3 is 10.1 Å². The number of carbonyl (C=O) groups excluding carboxylic acids is 3. The molecule has 1 aliphatic heterocycles. The fourth-order valence-corrected chi connectivity index (χ4v) is 2.97. The van der Waals surface area contributed by atoms with E-state index >= 15 is 0 Å². The molecule has 1 aromatic rings. The van der Waals surface area contributed by atoms with Crippen molar-refractivity contribution in [2.24, 2.45) is 0 Å². The molecule has 128 valence electrons. The molecule has 0 spiro atoms. The summed E-state index contributed by atoms with van der Waals surface area (Å²) in [7, 11) is 0. The second kappa shape index (κ2) is 7.96. The fraction of sp³-hybridized carbons (Fsp3) is 0.312. The number of benzene rings is 1. The first-order chi connectivity index (χ1) is 11.4. The van der Waals surface area contributed by atoms with Crippen LogP contribution in [0.1, 0.15) is 12.5 Å². The summed E-state index contributed by atoms with van der Waals surface area (Å²) < 4.78 is 18.6. The summed E-state index contributed by atoms with van der Waals surface area (Å²) in [5.41, 5.74) is 0.775. The first kappa shape index (κ1) is 18.0. The van der Waals surface area contributed by atoms with Gasteiger partial charge in [-0.3, -0.25) is 14.5 Å². The van der Waals surface area contributed by atoms with Crippen molar-refractivity contribution in [3.63, 3.8) is 0 Å². The van der Waals surface area contributed by atoms with E-state index in [2.05, 4.69) is 5.32 Å². The van der Waals surface area contributed by atoms with Gasteiger partial charge in [-0.15, -0.1) is 0 Å². The Morgan fingerprint density at radius 1 is 1.46 bits per heavy atom. The van der Waals surface area contributed by atoms with Crippen molar-refractivity contribution in [2.45, 2.75) is 13.8 Å². The third-order valence-corrected chi connectivity index (χ3v) is 4.16. The topological polar surface area (TPSA) is 75.7 Å². The fourth-order valence-electron chi connectivity index (χ4n) is 2.04. The predicted octanol–water partition coefficient (Wildman–Crippen LogP) is 2.05. The standard InChI is InChI=1S/C16H17FN2O4S/c1-3-23-16(22)7-15-19(14(21)9-24-15)8-13(20)18-12-5-4-10(2)6-11(12)17/h4-7H,3,8-9H2,1-2H3,(H,18,20)/b15-7-. The van der Waals surface area contributed by atoms with Gasteiger partial charge in [0.1, 0.15) is 12.4 Å². The van der Waals surface area contributed by atoms with Crippen LogP contribution in [0.25, 0.3) is 0 Å². The van der Waals surface area contributed by atoms with Crippen molar-refractivity contribution < 1.29 is 23.5 Å². The molecule has 8 heteroatoms. The Bertz CT molecular complexity index is 705. The number of hydrogen-bond acceptors (Lipinski definition) is 5. The van der Waals surface area contributed by atoms with Crippen LogP contribution in [0.2, 0.25) is 0 Å². The van der Waals surface area contributed by atoms with Crippen LogP contribution < -0.4 is 5.32 Å². The van der Waals surface area contributed by atoms with Gasteiger partial charge in [0.2, 0.25) is 11.8 Å². The third kappa shape index (κ3) is 4.58. The monoisotopic (exact) mass is 352 g/mol. The minimum absolute atomic E-state index is 0.0424. The quantitative estimate of drug-likeness (QED) is 0.648. The molecule has 0 atom stereocenters. The molecule has 0 aromatic heterocycles. The van der Waals surface area contributed by atoms with E-state index in [0.29, 0.717) is 5.03 Å². The molecule has 0 radical (unpaired) electrons. The number of thioether (sulfide) groups is 1. The number of nitrogens with one attached hydrogen (secondary N) is 1. The maximum atomic E-state index is 13.8. The zero-order valence-corrected chi connectivity index (χ0v) is 14.1. The number of ether oxygens (including phenoxy) is 1. The number of nitrogens with zero attached hydrogens (tertiary/aromatic N) is 1. The SMILES string of the molecule is CCOC(=O)/C=C1\SCC(=O)N1CC(=O)Nc1ccc(C)cc1F. The van der Waals surface area contributed by atoms with Crippen molar-refractivity contribution >= 4 is 35.2 Å². The Balaban J connectivity index is 2.05.